The van der Waals surface area contributed by atoms with Gasteiger partial charge >= 0.3 is 0 Å². The minimum Gasteiger partial charge on any atom is -0.341 e. The van der Waals surface area contributed by atoms with E-state index in [-0.39, 0.29) is 11.9 Å². The van der Waals surface area contributed by atoms with Crippen LogP contribution < -0.4 is 10.6 Å². The monoisotopic (exact) mass is 138 g/mol. The van der Waals surface area contributed by atoms with Gasteiger partial charge in [0.05, 0.1) is 0 Å². The molecule has 0 unspecified atom stereocenters. The average molecular weight is 138 g/mol. The van der Waals surface area contributed by atoms with Crippen LogP contribution in [0.2, 0.25) is 0 Å². The zero-order valence-electron chi connectivity index (χ0n) is 5.68. The molecule has 0 aromatic heterocycles. The van der Waals surface area contributed by atoms with Gasteiger partial charge in [0.1, 0.15) is 0 Å². The summed E-state index contributed by atoms with van der Waals surface area (Å²) in [6, 6.07) is 0.239. The predicted octanol–water partition coefficient (Wildman–Crippen LogP) is -0.902. The molecule has 0 aliphatic carbocycles. The lowest BCUT2D eigenvalue weighted by molar-refractivity contribution is -0.116. The lowest BCUT2D eigenvalue weighted by Gasteiger charge is -2.06. The van der Waals surface area contributed by atoms with Crippen LogP contribution in [0.3, 0.4) is 0 Å². The van der Waals surface area contributed by atoms with Gasteiger partial charge in [-0.3, -0.25) is 4.79 Å². The highest BCUT2D eigenvalue weighted by atomic mass is 16.1. The Morgan fingerprint density at radius 2 is 2.60 bits per heavy atom. The van der Waals surface area contributed by atoms with E-state index in [1.807, 2.05) is 5.92 Å². The summed E-state index contributed by atoms with van der Waals surface area (Å²) in [4.78, 5) is 10.6. The van der Waals surface area contributed by atoms with Gasteiger partial charge in [-0.05, 0) is 18.9 Å². The molecule has 1 aliphatic heterocycles. The van der Waals surface area contributed by atoms with Gasteiger partial charge in [0, 0.05) is 12.6 Å². The van der Waals surface area contributed by atoms with E-state index >= 15 is 0 Å². The van der Waals surface area contributed by atoms with Crippen LogP contribution in [-0.2, 0) is 4.79 Å². The maximum Gasteiger partial charge on any atom is 0.295 e. The Labute approximate surface area is 60.2 Å². The largest absolute Gasteiger partial charge is 0.341 e. The fraction of sp³-hybridized carbons (Fsp3) is 0.571. The van der Waals surface area contributed by atoms with Crippen LogP contribution in [0, 0.1) is 12.3 Å². The number of hydrogen-bond donors (Lipinski definition) is 2. The molecule has 3 nitrogen and oxygen atoms in total. The Hall–Kier alpha value is -1.01. The van der Waals surface area contributed by atoms with Crippen LogP contribution >= 0.6 is 0 Å². The SMILES string of the molecule is C#CC(=O)N[C@H]1CCNC1. The summed E-state index contributed by atoms with van der Waals surface area (Å²) in [7, 11) is 0. The van der Waals surface area contributed by atoms with Gasteiger partial charge in [-0.25, -0.2) is 0 Å². The van der Waals surface area contributed by atoms with Crippen molar-refractivity contribution in [1.29, 1.82) is 0 Å². The van der Waals surface area contributed by atoms with Gasteiger partial charge in [-0.15, -0.1) is 6.42 Å². The minimum absolute atomic E-state index is 0.239. The summed E-state index contributed by atoms with van der Waals surface area (Å²) >= 11 is 0. The van der Waals surface area contributed by atoms with Gasteiger partial charge < -0.3 is 10.6 Å². The quantitative estimate of drug-likeness (QED) is 0.461. The van der Waals surface area contributed by atoms with Crippen molar-refractivity contribution in [3.63, 3.8) is 0 Å². The van der Waals surface area contributed by atoms with E-state index in [4.69, 9.17) is 6.42 Å². The van der Waals surface area contributed by atoms with E-state index in [1.54, 1.807) is 0 Å². The Bertz CT molecular complexity index is 165. The molecule has 1 atom stereocenters. The maximum absolute atomic E-state index is 10.6. The van der Waals surface area contributed by atoms with E-state index < -0.39 is 0 Å². The van der Waals surface area contributed by atoms with Crippen molar-refractivity contribution in [2.24, 2.45) is 0 Å². The van der Waals surface area contributed by atoms with E-state index in [0.717, 1.165) is 19.5 Å². The van der Waals surface area contributed by atoms with Crippen molar-refractivity contribution < 1.29 is 4.79 Å². The first-order chi connectivity index (χ1) is 4.83. The Kier molecular flexibility index (Phi) is 2.30. The number of amides is 1. The van der Waals surface area contributed by atoms with E-state index in [9.17, 15) is 4.79 Å². The summed E-state index contributed by atoms with van der Waals surface area (Å²) in [6.45, 7) is 1.81. The van der Waals surface area contributed by atoms with Crippen LogP contribution in [0.1, 0.15) is 6.42 Å². The van der Waals surface area contributed by atoms with Crippen LogP contribution in [0.25, 0.3) is 0 Å². The van der Waals surface area contributed by atoms with Crippen molar-refractivity contribution >= 4 is 5.91 Å². The van der Waals surface area contributed by atoms with Gasteiger partial charge in [-0.2, -0.15) is 0 Å². The number of carbonyl (C=O) groups excluding carboxylic acids is 1. The number of nitrogens with one attached hydrogen (secondary N) is 2. The first kappa shape index (κ1) is 7.10. The molecule has 1 saturated heterocycles. The van der Waals surface area contributed by atoms with E-state index in [2.05, 4.69) is 10.6 Å². The minimum atomic E-state index is -0.311. The summed E-state index contributed by atoms with van der Waals surface area (Å²) in [5.41, 5.74) is 0. The number of rotatable bonds is 1. The third-order valence-electron chi connectivity index (χ3n) is 1.53. The zero-order chi connectivity index (χ0) is 7.40. The Morgan fingerprint density at radius 3 is 3.10 bits per heavy atom. The maximum atomic E-state index is 10.6. The standard InChI is InChI=1S/C7H10N2O/c1-2-7(10)9-6-3-4-8-5-6/h1,6,8H,3-5H2,(H,9,10)/t6-/m0/s1. The molecular weight excluding hydrogens is 128 g/mol. The molecule has 2 N–H and O–H groups in total. The molecule has 1 rings (SSSR count). The number of terminal acetylenes is 1. The molecule has 1 aliphatic rings. The average Bonchev–Trinajstić information content (AvgIpc) is 2.40. The van der Waals surface area contributed by atoms with E-state index in [1.165, 1.54) is 0 Å². The molecule has 1 amide bonds. The predicted molar refractivity (Wildman–Crippen MR) is 38.3 cm³/mol. The van der Waals surface area contributed by atoms with Gasteiger partial charge in [0.25, 0.3) is 5.91 Å². The highest BCUT2D eigenvalue weighted by Crippen LogP contribution is 1.95. The van der Waals surface area contributed by atoms with Crippen LogP contribution in [0.5, 0.6) is 0 Å². The zero-order valence-corrected chi connectivity index (χ0v) is 5.68. The molecular formula is C7H10N2O. The fourth-order valence-electron chi connectivity index (χ4n) is 1.00. The fourth-order valence-corrected chi connectivity index (χ4v) is 1.00. The lowest BCUT2D eigenvalue weighted by Crippen LogP contribution is -2.35. The van der Waals surface area contributed by atoms with Crippen molar-refractivity contribution in [2.75, 3.05) is 13.1 Å². The molecule has 1 heterocycles. The van der Waals surface area contributed by atoms with Crippen molar-refractivity contribution in [3.05, 3.63) is 0 Å². The third-order valence-corrected chi connectivity index (χ3v) is 1.53. The molecule has 54 valence electrons. The number of carbonyl (C=O) groups is 1. The molecule has 0 spiro atoms. The first-order valence-corrected chi connectivity index (χ1v) is 3.31. The molecule has 0 aromatic rings. The normalized spacial score (nSPS) is 23.7. The summed E-state index contributed by atoms with van der Waals surface area (Å²) in [5.74, 6) is 1.70. The lowest BCUT2D eigenvalue weighted by atomic mass is 10.2. The van der Waals surface area contributed by atoms with Crippen LogP contribution in [0.15, 0.2) is 0 Å². The Morgan fingerprint density at radius 1 is 1.80 bits per heavy atom. The molecule has 0 saturated carbocycles. The molecule has 0 radical (unpaired) electrons. The first-order valence-electron chi connectivity index (χ1n) is 3.31. The molecule has 1 fully saturated rings. The van der Waals surface area contributed by atoms with Gasteiger partial charge in [0.2, 0.25) is 0 Å². The van der Waals surface area contributed by atoms with Crippen molar-refractivity contribution in [3.8, 4) is 12.3 Å². The van der Waals surface area contributed by atoms with Gasteiger partial charge in [-0.1, -0.05) is 0 Å². The second-order valence-corrected chi connectivity index (χ2v) is 2.31. The van der Waals surface area contributed by atoms with Crippen LogP contribution in [0.4, 0.5) is 0 Å². The van der Waals surface area contributed by atoms with Crippen molar-refractivity contribution in [1.82, 2.24) is 10.6 Å². The van der Waals surface area contributed by atoms with E-state index in [0.29, 0.717) is 0 Å². The summed E-state index contributed by atoms with van der Waals surface area (Å²) in [6.07, 6.45) is 5.85. The van der Waals surface area contributed by atoms with Crippen molar-refractivity contribution in [2.45, 2.75) is 12.5 Å². The summed E-state index contributed by atoms with van der Waals surface area (Å²) in [5, 5.41) is 5.81. The van der Waals surface area contributed by atoms with Gasteiger partial charge in [0.15, 0.2) is 0 Å². The summed E-state index contributed by atoms with van der Waals surface area (Å²) < 4.78 is 0. The molecule has 3 heteroatoms. The van der Waals surface area contributed by atoms with Crippen LogP contribution in [-0.4, -0.2) is 25.0 Å². The molecule has 10 heavy (non-hydrogen) atoms. The highest BCUT2D eigenvalue weighted by molar-refractivity contribution is 5.93. The highest BCUT2D eigenvalue weighted by Gasteiger charge is 2.14. The topological polar surface area (TPSA) is 41.1 Å². The second kappa shape index (κ2) is 3.23. The molecule has 0 bridgehead atoms. The second-order valence-electron chi connectivity index (χ2n) is 2.31. The Balaban J connectivity index is 2.25. The molecule has 0 aromatic carbocycles. The number of hydrogen-bond acceptors (Lipinski definition) is 2. The third kappa shape index (κ3) is 1.74. The smallest absolute Gasteiger partial charge is 0.295 e.